The first-order valence-electron chi connectivity index (χ1n) is 6.61. The molecule has 0 aliphatic carbocycles. The van der Waals surface area contributed by atoms with E-state index < -0.39 is 0 Å². The number of carbonyl (C=O) groups excluding carboxylic acids is 1. The Morgan fingerprint density at radius 3 is 2.67 bits per heavy atom. The van der Waals surface area contributed by atoms with Crippen molar-refractivity contribution in [2.24, 2.45) is 0 Å². The number of ether oxygens (including phenoxy) is 1. The molecule has 2 aromatic rings. The van der Waals surface area contributed by atoms with Crippen LogP contribution in [0.15, 0.2) is 34.9 Å². The summed E-state index contributed by atoms with van der Waals surface area (Å²) >= 11 is 0. The van der Waals surface area contributed by atoms with Crippen LogP contribution in [0.1, 0.15) is 11.3 Å². The van der Waals surface area contributed by atoms with Gasteiger partial charge in [0.1, 0.15) is 5.75 Å². The van der Waals surface area contributed by atoms with Gasteiger partial charge in [0, 0.05) is 12.6 Å². The van der Waals surface area contributed by atoms with Gasteiger partial charge in [-0.3, -0.25) is 15.0 Å². The lowest BCUT2D eigenvalue weighted by atomic mass is 10.2. The van der Waals surface area contributed by atoms with Crippen LogP contribution < -0.4 is 10.1 Å². The van der Waals surface area contributed by atoms with E-state index in [0.29, 0.717) is 12.4 Å². The van der Waals surface area contributed by atoms with Gasteiger partial charge in [-0.1, -0.05) is 17.3 Å². The number of nitrogens with zero attached hydrogens (tertiary/aromatic N) is 2. The lowest BCUT2D eigenvalue weighted by Gasteiger charge is -2.15. The Labute approximate surface area is 123 Å². The van der Waals surface area contributed by atoms with Crippen LogP contribution in [0.3, 0.4) is 0 Å². The number of likely N-dealkylation sites (N-methyl/N-ethyl adjacent to an activating group) is 1. The van der Waals surface area contributed by atoms with Gasteiger partial charge in [0.15, 0.2) is 0 Å². The van der Waals surface area contributed by atoms with Crippen molar-refractivity contribution in [2.45, 2.75) is 13.5 Å². The minimum absolute atomic E-state index is 0.137. The smallest absolute Gasteiger partial charge is 0.240 e. The number of aromatic nitrogens is 1. The zero-order chi connectivity index (χ0) is 15.2. The van der Waals surface area contributed by atoms with Crippen LogP contribution >= 0.6 is 0 Å². The summed E-state index contributed by atoms with van der Waals surface area (Å²) in [5.74, 6) is 1.05. The van der Waals surface area contributed by atoms with E-state index in [1.54, 1.807) is 20.1 Å². The van der Waals surface area contributed by atoms with E-state index in [0.717, 1.165) is 17.0 Å². The van der Waals surface area contributed by atoms with Crippen LogP contribution in [0.4, 0.5) is 5.88 Å². The Bertz CT molecular complexity index is 592. The highest BCUT2D eigenvalue weighted by Crippen LogP contribution is 2.13. The number of rotatable bonds is 6. The SMILES string of the molecule is COc1ccc(CN(C)CC(=O)Nc2cc(C)no2)cc1. The van der Waals surface area contributed by atoms with E-state index >= 15 is 0 Å². The quantitative estimate of drug-likeness (QED) is 0.881. The van der Waals surface area contributed by atoms with Gasteiger partial charge >= 0.3 is 0 Å². The third-order valence-corrected chi connectivity index (χ3v) is 2.92. The second-order valence-corrected chi connectivity index (χ2v) is 4.90. The van der Waals surface area contributed by atoms with Gasteiger partial charge in [-0.05, 0) is 31.7 Å². The fraction of sp³-hybridized carbons (Fsp3) is 0.333. The Balaban J connectivity index is 1.82. The average molecular weight is 289 g/mol. The molecule has 0 bridgehead atoms. The summed E-state index contributed by atoms with van der Waals surface area (Å²) in [6.45, 7) is 2.74. The maximum Gasteiger partial charge on any atom is 0.240 e. The predicted molar refractivity (Wildman–Crippen MR) is 79.2 cm³/mol. The van der Waals surface area contributed by atoms with Crippen molar-refractivity contribution in [3.8, 4) is 5.75 Å². The number of carbonyl (C=O) groups is 1. The summed E-state index contributed by atoms with van der Waals surface area (Å²) in [6.07, 6.45) is 0. The molecule has 0 spiro atoms. The topological polar surface area (TPSA) is 67.6 Å². The van der Waals surface area contributed by atoms with E-state index in [-0.39, 0.29) is 12.5 Å². The van der Waals surface area contributed by atoms with Crippen LogP contribution in [0.25, 0.3) is 0 Å². The fourth-order valence-corrected chi connectivity index (χ4v) is 1.94. The standard InChI is InChI=1S/C15H19N3O3/c1-11-8-15(21-17-11)16-14(19)10-18(2)9-12-4-6-13(20-3)7-5-12/h4-8H,9-10H2,1-3H3,(H,16,19). The molecule has 0 saturated carbocycles. The highest BCUT2D eigenvalue weighted by molar-refractivity contribution is 5.90. The first kappa shape index (κ1) is 15.1. The molecule has 0 fully saturated rings. The monoisotopic (exact) mass is 289 g/mol. The van der Waals surface area contributed by atoms with Crippen molar-refractivity contribution in [1.82, 2.24) is 10.1 Å². The highest BCUT2D eigenvalue weighted by atomic mass is 16.5. The summed E-state index contributed by atoms with van der Waals surface area (Å²) in [6, 6.07) is 9.45. The van der Waals surface area contributed by atoms with Crippen molar-refractivity contribution in [1.29, 1.82) is 0 Å². The molecule has 0 unspecified atom stereocenters. The molecule has 21 heavy (non-hydrogen) atoms. The van der Waals surface area contributed by atoms with Crippen LogP contribution in [0.5, 0.6) is 5.75 Å². The third kappa shape index (κ3) is 4.61. The van der Waals surface area contributed by atoms with E-state index in [1.807, 2.05) is 36.2 Å². The second-order valence-electron chi connectivity index (χ2n) is 4.90. The minimum Gasteiger partial charge on any atom is -0.497 e. The number of benzene rings is 1. The molecule has 112 valence electrons. The Morgan fingerprint density at radius 2 is 2.10 bits per heavy atom. The summed E-state index contributed by atoms with van der Waals surface area (Å²) < 4.78 is 10.1. The molecular formula is C15H19N3O3. The van der Waals surface area contributed by atoms with Crippen molar-refractivity contribution >= 4 is 11.8 Å². The zero-order valence-electron chi connectivity index (χ0n) is 12.4. The maximum atomic E-state index is 11.9. The van der Waals surface area contributed by atoms with Crippen LogP contribution in [0, 0.1) is 6.92 Å². The van der Waals surface area contributed by atoms with E-state index in [9.17, 15) is 4.79 Å². The number of anilines is 1. The number of nitrogens with one attached hydrogen (secondary N) is 1. The molecule has 2 rings (SSSR count). The lowest BCUT2D eigenvalue weighted by Crippen LogP contribution is -2.29. The molecule has 0 saturated heterocycles. The first-order chi connectivity index (χ1) is 10.1. The number of aryl methyl sites for hydroxylation is 1. The van der Waals surface area contributed by atoms with Crippen LogP contribution in [-0.4, -0.2) is 36.7 Å². The molecular weight excluding hydrogens is 270 g/mol. The third-order valence-electron chi connectivity index (χ3n) is 2.92. The molecule has 0 atom stereocenters. The number of hydrogen-bond acceptors (Lipinski definition) is 5. The molecule has 1 amide bonds. The van der Waals surface area contributed by atoms with Gasteiger partial charge in [-0.25, -0.2) is 0 Å². The summed E-state index contributed by atoms with van der Waals surface area (Å²) in [5.41, 5.74) is 1.85. The fourth-order valence-electron chi connectivity index (χ4n) is 1.94. The summed E-state index contributed by atoms with van der Waals surface area (Å²) in [5, 5.41) is 6.39. The molecule has 0 radical (unpaired) electrons. The Morgan fingerprint density at radius 1 is 1.38 bits per heavy atom. The summed E-state index contributed by atoms with van der Waals surface area (Å²) in [7, 11) is 3.52. The number of amides is 1. The predicted octanol–water partition coefficient (Wildman–Crippen LogP) is 2.06. The summed E-state index contributed by atoms with van der Waals surface area (Å²) in [4.78, 5) is 13.8. The molecule has 1 aromatic heterocycles. The molecule has 1 N–H and O–H groups in total. The van der Waals surface area contributed by atoms with Crippen molar-refractivity contribution in [3.05, 3.63) is 41.6 Å². The van der Waals surface area contributed by atoms with Gasteiger partial charge in [-0.15, -0.1) is 0 Å². The Kier molecular flexibility index (Phi) is 4.94. The largest absolute Gasteiger partial charge is 0.497 e. The number of methoxy groups -OCH3 is 1. The van der Waals surface area contributed by atoms with E-state index in [2.05, 4.69) is 10.5 Å². The molecule has 6 nitrogen and oxygen atoms in total. The van der Waals surface area contributed by atoms with Crippen molar-refractivity contribution < 1.29 is 14.1 Å². The van der Waals surface area contributed by atoms with Crippen LogP contribution in [0.2, 0.25) is 0 Å². The van der Waals surface area contributed by atoms with E-state index in [4.69, 9.17) is 9.26 Å². The van der Waals surface area contributed by atoms with Crippen LogP contribution in [-0.2, 0) is 11.3 Å². The maximum absolute atomic E-state index is 11.9. The molecule has 0 aliphatic rings. The average Bonchev–Trinajstić information content (AvgIpc) is 2.84. The Hall–Kier alpha value is -2.34. The zero-order valence-corrected chi connectivity index (χ0v) is 12.4. The van der Waals surface area contributed by atoms with Gasteiger partial charge < -0.3 is 9.26 Å². The molecule has 1 aromatic carbocycles. The van der Waals surface area contributed by atoms with Gasteiger partial charge in [0.2, 0.25) is 11.8 Å². The normalized spacial score (nSPS) is 10.7. The number of hydrogen-bond donors (Lipinski definition) is 1. The molecule has 6 heteroatoms. The minimum atomic E-state index is -0.137. The first-order valence-corrected chi connectivity index (χ1v) is 6.61. The molecule has 1 heterocycles. The van der Waals surface area contributed by atoms with Crippen molar-refractivity contribution in [2.75, 3.05) is 26.0 Å². The van der Waals surface area contributed by atoms with Gasteiger partial charge in [0.05, 0.1) is 19.3 Å². The highest BCUT2D eigenvalue weighted by Gasteiger charge is 2.10. The van der Waals surface area contributed by atoms with Crippen molar-refractivity contribution in [3.63, 3.8) is 0 Å². The lowest BCUT2D eigenvalue weighted by molar-refractivity contribution is -0.117. The van der Waals surface area contributed by atoms with Gasteiger partial charge in [0.25, 0.3) is 0 Å². The second kappa shape index (κ2) is 6.90. The van der Waals surface area contributed by atoms with E-state index in [1.165, 1.54) is 0 Å². The van der Waals surface area contributed by atoms with Gasteiger partial charge in [-0.2, -0.15) is 0 Å². The molecule has 0 aliphatic heterocycles.